The Labute approximate surface area is 153 Å². The molecule has 0 aliphatic heterocycles. The minimum Gasteiger partial charge on any atom is -0.393 e. The molecule has 4 aliphatic carbocycles. The zero-order valence-corrected chi connectivity index (χ0v) is 15.5. The Morgan fingerprint density at radius 1 is 1.19 bits per heavy atom. The largest absolute Gasteiger partial charge is 0.393 e. The fourth-order valence-electron chi connectivity index (χ4n) is 7.01. The molecule has 144 valence electrons. The van der Waals surface area contributed by atoms with Crippen LogP contribution in [0.3, 0.4) is 0 Å². The lowest BCUT2D eigenvalue weighted by atomic mass is 9.46. The molecule has 3 saturated carbocycles. The third-order valence-corrected chi connectivity index (χ3v) is 8.53. The zero-order chi connectivity index (χ0) is 18.9. The molecule has 1 N–H and O–H groups in total. The summed E-state index contributed by atoms with van der Waals surface area (Å²) in [6.45, 7) is 4.29. The number of aliphatic hydroxyl groups is 1. The summed E-state index contributed by atoms with van der Waals surface area (Å²) < 4.78 is 26.0. The second kappa shape index (κ2) is 5.95. The molecule has 3 nitrogen and oxygen atoms in total. The molecule has 7 atom stereocenters. The number of aliphatic hydroxyl groups excluding tert-OH is 1. The Morgan fingerprint density at radius 3 is 2.62 bits per heavy atom. The Bertz CT molecular complexity index is 672. The van der Waals surface area contributed by atoms with Gasteiger partial charge in [0.25, 0.3) is 6.43 Å². The van der Waals surface area contributed by atoms with Crippen molar-refractivity contribution in [2.45, 2.75) is 71.3 Å². The van der Waals surface area contributed by atoms with E-state index in [4.69, 9.17) is 0 Å². The van der Waals surface area contributed by atoms with Crippen LogP contribution < -0.4 is 0 Å². The fourth-order valence-corrected chi connectivity index (χ4v) is 7.01. The number of ketones is 2. The maximum atomic E-state index is 13.0. The highest BCUT2D eigenvalue weighted by Gasteiger charge is 2.60. The molecule has 0 bridgehead atoms. The van der Waals surface area contributed by atoms with Crippen LogP contribution in [0.4, 0.5) is 8.78 Å². The third kappa shape index (κ3) is 2.38. The number of carbonyl (C=O) groups excluding carboxylic acids is 2. The molecule has 4 aliphatic rings. The maximum Gasteiger partial charge on any atom is 0.296 e. The van der Waals surface area contributed by atoms with Gasteiger partial charge in [0.05, 0.1) is 12.0 Å². The van der Waals surface area contributed by atoms with Crippen molar-refractivity contribution in [3.8, 4) is 0 Å². The third-order valence-electron chi connectivity index (χ3n) is 8.53. The van der Waals surface area contributed by atoms with E-state index in [9.17, 15) is 23.5 Å². The number of hydrogen-bond donors (Lipinski definition) is 1. The number of fused-ring (bicyclic) bond motifs is 5. The van der Waals surface area contributed by atoms with Crippen LogP contribution in [0.25, 0.3) is 0 Å². The summed E-state index contributed by atoms with van der Waals surface area (Å²) in [5.74, 6) is -1.62. The number of alkyl halides is 2. The van der Waals surface area contributed by atoms with Gasteiger partial charge in [-0.25, -0.2) is 8.78 Å². The first kappa shape index (κ1) is 18.3. The molecule has 5 heteroatoms. The molecule has 0 spiro atoms. The summed E-state index contributed by atoms with van der Waals surface area (Å²) in [7, 11) is 0. The topological polar surface area (TPSA) is 54.4 Å². The molecule has 4 rings (SSSR count). The Hall–Kier alpha value is -1.10. The standard InChI is InChI=1S/C21H28F2O3/c1-20-8-7-15-12(14(20)5-6-17(20)25)4-3-11-9-16(24)13(10-21(11,15)2)18(26)19(22)23/h9,12-15,17,19,25H,3-8,10H2,1-2H3/t12-,13?,14-,15-,17?,20-,21-/m0/s1. The fraction of sp³-hybridized carbons (Fsp3) is 0.810. The van der Waals surface area contributed by atoms with Gasteiger partial charge in [-0.3, -0.25) is 9.59 Å². The maximum absolute atomic E-state index is 13.0. The summed E-state index contributed by atoms with van der Waals surface area (Å²) in [5, 5.41) is 10.5. The molecular formula is C21H28F2O3. The van der Waals surface area contributed by atoms with Gasteiger partial charge in [-0.2, -0.15) is 0 Å². The highest BCUT2D eigenvalue weighted by atomic mass is 19.3. The van der Waals surface area contributed by atoms with E-state index in [0.29, 0.717) is 17.8 Å². The van der Waals surface area contributed by atoms with Gasteiger partial charge < -0.3 is 5.11 Å². The van der Waals surface area contributed by atoms with Crippen molar-refractivity contribution >= 4 is 11.6 Å². The molecule has 0 aromatic carbocycles. The van der Waals surface area contributed by atoms with Crippen molar-refractivity contribution < 1.29 is 23.5 Å². The van der Waals surface area contributed by atoms with Crippen molar-refractivity contribution in [1.29, 1.82) is 0 Å². The summed E-state index contributed by atoms with van der Waals surface area (Å²) in [5.41, 5.74) is 0.673. The molecule has 0 amide bonds. The monoisotopic (exact) mass is 366 g/mol. The quantitative estimate of drug-likeness (QED) is 0.753. The van der Waals surface area contributed by atoms with Crippen LogP contribution in [-0.2, 0) is 9.59 Å². The van der Waals surface area contributed by atoms with E-state index in [1.54, 1.807) is 0 Å². The van der Waals surface area contributed by atoms with Gasteiger partial charge in [0.1, 0.15) is 0 Å². The zero-order valence-electron chi connectivity index (χ0n) is 15.5. The average Bonchev–Trinajstić information content (AvgIpc) is 2.89. The average molecular weight is 366 g/mol. The normalized spacial score (nSPS) is 47.8. The molecule has 0 heterocycles. The van der Waals surface area contributed by atoms with Gasteiger partial charge in [0.2, 0.25) is 5.78 Å². The summed E-state index contributed by atoms with van der Waals surface area (Å²) in [6.07, 6.45) is 3.95. The molecule has 26 heavy (non-hydrogen) atoms. The minimum absolute atomic E-state index is 0.0403. The van der Waals surface area contributed by atoms with Crippen molar-refractivity contribution in [3.05, 3.63) is 11.6 Å². The molecule has 2 unspecified atom stereocenters. The van der Waals surface area contributed by atoms with Crippen LogP contribution >= 0.6 is 0 Å². The van der Waals surface area contributed by atoms with Crippen LogP contribution in [0.2, 0.25) is 0 Å². The Morgan fingerprint density at radius 2 is 1.92 bits per heavy atom. The summed E-state index contributed by atoms with van der Waals surface area (Å²) in [4.78, 5) is 24.2. The predicted molar refractivity (Wildman–Crippen MR) is 92.6 cm³/mol. The lowest BCUT2D eigenvalue weighted by Gasteiger charge is -2.58. The van der Waals surface area contributed by atoms with E-state index in [1.807, 2.05) is 0 Å². The Balaban J connectivity index is 1.67. The lowest BCUT2D eigenvalue weighted by molar-refractivity contribution is -0.142. The number of halogens is 2. The second-order valence-corrected chi connectivity index (χ2v) is 9.50. The van der Waals surface area contributed by atoms with Crippen LogP contribution in [0.1, 0.15) is 58.8 Å². The van der Waals surface area contributed by atoms with E-state index in [0.717, 1.165) is 44.1 Å². The van der Waals surface area contributed by atoms with Gasteiger partial charge in [0, 0.05) is 0 Å². The second-order valence-electron chi connectivity index (χ2n) is 9.50. The van der Waals surface area contributed by atoms with Crippen molar-refractivity contribution in [3.63, 3.8) is 0 Å². The number of allylic oxidation sites excluding steroid dienone is 1. The Kier molecular flexibility index (Phi) is 4.18. The molecule has 0 radical (unpaired) electrons. The van der Waals surface area contributed by atoms with Gasteiger partial charge in [-0.15, -0.1) is 0 Å². The van der Waals surface area contributed by atoms with Gasteiger partial charge in [0.15, 0.2) is 5.78 Å². The first-order chi connectivity index (χ1) is 12.2. The van der Waals surface area contributed by atoms with E-state index >= 15 is 0 Å². The van der Waals surface area contributed by atoms with Crippen LogP contribution in [-0.4, -0.2) is 29.2 Å². The number of Topliss-reactive ketones (excluding diaryl/α,β-unsaturated/α-hetero) is 1. The van der Waals surface area contributed by atoms with Crippen molar-refractivity contribution in [2.75, 3.05) is 0 Å². The smallest absolute Gasteiger partial charge is 0.296 e. The number of rotatable bonds is 2. The summed E-state index contributed by atoms with van der Waals surface area (Å²) >= 11 is 0. The first-order valence-electron chi connectivity index (χ1n) is 9.93. The van der Waals surface area contributed by atoms with E-state index in [1.165, 1.54) is 6.08 Å². The number of hydrogen-bond acceptors (Lipinski definition) is 3. The predicted octanol–water partition coefficient (Wildman–Crippen LogP) is 3.94. The molecular weight excluding hydrogens is 338 g/mol. The van der Waals surface area contributed by atoms with E-state index < -0.39 is 23.9 Å². The van der Waals surface area contributed by atoms with E-state index in [-0.39, 0.29) is 23.4 Å². The van der Waals surface area contributed by atoms with Gasteiger partial charge in [-0.1, -0.05) is 19.4 Å². The molecule has 0 saturated heterocycles. The van der Waals surface area contributed by atoms with Crippen molar-refractivity contribution in [2.24, 2.45) is 34.5 Å². The molecule has 0 aromatic heterocycles. The minimum atomic E-state index is -3.08. The van der Waals surface area contributed by atoms with Crippen LogP contribution in [0.5, 0.6) is 0 Å². The van der Waals surface area contributed by atoms with E-state index in [2.05, 4.69) is 13.8 Å². The highest BCUT2D eigenvalue weighted by Crippen LogP contribution is 2.65. The SMILES string of the molecule is C[C@]12CC(C(=O)C(F)F)C(=O)C=C1CC[C@@H]1[C@@H]2CC[C@]2(C)C(O)CC[C@@H]12. The molecule has 3 fully saturated rings. The van der Waals surface area contributed by atoms with Gasteiger partial charge >= 0.3 is 0 Å². The summed E-state index contributed by atoms with van der Waals surface area (Å²) in [6, 6.07) is 0. The highest BCUT2D eigenvalue weighted by molar-refractivity contribution is 6.09. The molecule has 0 aromatic rings. The number of carbonyl (C=O) groups is 2. The lowest BCUT2D eigenvalue weighted by Crippen LogP contribution is -2.53. The van der Waals surface area contributed by atoms with Crippen molar-refractivity contribution in [1.82, 2.24) is 0 Å². The van der Waals surface area contributed by atoms with Crippen LogP contribution in [0.15, 0.2) is 11.6 Å². The van der Waals surface area contributed by atoms with Crippen LogP contribution in [0, 0.1) is 34.5 Å². The van der Waals surface area contributed by atoms with Gasteiger partial charge in [-0.05, 0) is 79.6 Å². The first-order valence-corrected chi connectivity index (χ1v) is 9.93.